The predicted octanol–water partition coefficient (Wildman–Crippen LogP) is 9.65. The van der Waals surface area contributed by atoms with E-state index in [2.05, 4.69) is 133 Å². The highest BCUT2D eigenvalue weighted by Crippen LogP contribution is 2.37. The molecule has 6 rings (SSSR count). The third-order valence-electron chi connectivity index (χ3n) is 9.16. The second-order valence-electron chi connectivity index (χ2n) is 12.3. The van der Waals surface area contributed by atoms with Gasteiger partial charge in [0, 0.05) is 24.9 Å². The molecule has 2 unspecified atom stereocenters. The molecular weight excluding hydrogens is 592 g/mol. The maximum atomic E-state index is 13.4. The van der Waals surface area contributed by atoms with Gasteiger partial charge in [-0.25, -0.2) is 4.79 Å². The van der Waals surface area contributed by atoms with Gasteiger partial charge in [-0.1, -0.05) is 109 Å². The first-order valence-electron chi connectivity index (χ1n) is 16.9. The Hall–Kier alpha value is -4.97. The minimum Gasteiger partial charge on any atom is -0.434 e. The van der Waals surface area contributed by atoms with E-state index in [0.717, 1.165) is 39.0 Å². The molecule has 2 atom stereocenters. The Morgan fingerprint density at radius 1 is 0.562 bits per heavy atom. The van der Waals surface area contributed by atoms with Gasteiger partial charge in [0.05, 0.1) is 0 Å². The van der Waals surface area contributed by atoms with Crippen LogP contribution in [0.3, 0.4) is 0 Å². The highest BCUT2D eigenvalue weighted by molar-refractivity contribution is 6.03. The fourth-order valence-electron chi connectivity index (χ4n) is 6.94. The third-order valence-corrected chi connectivity index (χ3v) is 9.16. The Labute approximate surface area is 283 Å². The number of carbonyl (C=O) groups excluding carboxylic acids is 1. The lowest BCUT2D eigenvalue weighted by Gasteiger charge is -2.23. The quantitative estimate of drug-likeness (QED) is 0.0480. The van der Waals surface area contributed by atoms with Gasteiger partial charge in [-0.2, -0.15) is 0 Å². The zero-order valence-corrected chi connectivity index (χ0v) is 27.5. The van der Waals surface area contributed by atoms with Crippen LogP contribution in [0.5, 0.6) is 0 Å². The number of rotatable bonds is 16. The van der Waals surface area contributed by atoms with Crippen molar-refractivity contribution in [3.63, 3.8) is 0 Å². The van der Waals surface area contributed by atoms with Crippen molar-refractivity contribution in [3.05, 3.63) is 146 Å². The average Bonchev–Trinajstić information content (AvgIpc) is 3.12. The van der Waals surface area contributed by atoms with Crippen molar-refractivity contribution in [2.45, 2.75) is 24.7 Å². The molecule has 5 nitrogen and oxygen atoms in total. The highest BCUT2D eigenvalue weighted by Gasteiger charge is 2.23. The van der Waals surface area contributed by atoms with Crippen molar-refractivity contribution in [1.82, 2.24) is 10.6 Å². The molecule has 0 heterocycles. The first kappa shape index (κ1) is 33.0. The van der Waals surface area contributed by atoms with Gasteiger partial charge in [0.15, 0.2) is 0 Å². The minimum atomic E-state index is -0.641. The maximum Gasteiger partial charge on any atom is 0.508 e. The summed E-state index contributed by atoms with van der Waals surface area (Å²) in [6.07, 6.45) is 4.66. The molecule has 48 heavy (non-hydrogen) atoms. The second kappa shape index (κ2) is 16.2. The minimum absolute atomic E-state index is 0.0354. The monoisotopic (exact) mass is 636 g/mol. The summed E-state index contributed by atoms with van der Waals surface area (Å²) >= 11 is 0. The molecule has 0 radical (unpaired) electrons. The molecule has 0 aliphatic rings. The molecule has 0 bridgehead atoms. The number of hydrogen-bond donors (Lipinski definition) is 2. The number of benzene rings is 6. The van der Waals surface area contributed by atoms with Crippen molar-refractivity contribution in [1.29, 1.82) is 0 Å². The van der Waals surface area contributed by atoms with E-state index in [0.29, 0.717) is 0 Å². The lowest BCUT2D eigenvalue weighted by atomic mass is 9.87. The number of hydrogen-bond acceptors (Lipinski definition) is 5. The molecule has 0 spiro atoms. The largest absolute Gasteiger partial charge is 0.508 e. The molecule has 5 heteroatoms. The van der Waals surface area contributed by atoms with Crippen LogP contribution in [0, 0.1) is 0 Å². The predicted molar refractivity (Wildman–Crippen MR) is 201 cm³/mol. The summed E-state index contributed by atoms with van der Waals surface area (Å²) in [7, 11) is 0. The molecule has 6 aromatic carbocycles. The van der Waals surface area contributed by atoms with Crippen LogP contribution in [0.1, 0.15) is 35.8 Å². The van der Waals surface area contributed by atoms with Crippen LogP contribution in [0.15, 0.2) is 135 Å². The molecule has 0 saturated heterocycles. The van der Waals surface area contributed by atoms with Gasteiger partial charge in [0.2, 0.25) is 0 Å². The first-order chi connectivity index (χ1) is 23.7. The Morgan fingerprint density at radius 3 is 1.23 bits per heavy atom. The van der Waals surface area contributed by atoms with Crippen LogP contribution >= 0.6 is 0 Å². The van der Waals surface area contributed by atoms with E-state index >= 15 is 0 Å². The van der Waals surface area contributed by atoms with Crippen LogP contribution < -0.4 is 10.6 Å². The van der Waals surface area contributed by atoms with Crippen LogP contribution in [0.2, 0.25) is 0 Å². The number of ether oxygens (including phenoxy) is 2. The number of carbonyl (C=O) groups is 1. The van der Waals surface area contributed by atoms with Gasteiger partial charge >= 0.3 is 6.16 Å². The van der Waals surface area contributed by atoms with Gasteiger partial charge < -0.3 is 20.1 Å². The summed E-state index contributed by atoms with van der Waals surface area (Å²) in [6, 6.07) is 38.3. The molecule has 244 valence electrons. The second-order valence-corrected chi connectivity index (χ2v) is 12.3. The van der Waals surface area contributed by atoms with E-state index in [9.17, 15) is 4.79 Å². The summed E-state index contributed by atoms with van der Waals surface area (Å²) in [4.78, 5) is 13.4. The Bertz CT molecular complexity index is 1780. The maximum absolute atomic E-state index is 13.4. The van der Waals surface area contributed by atoms with Gasteiger partial charge in [0.25, 0.3) is 0 Å². The lowest BCUT2D eigenvalue weighted by Crippen LogP contribution is -2.23. The molecule has 0 fully saturated rings. The van der Waals surface area contributed by atoms with Crippen molar-refractivity contribution in [2.75, 3.05) is 39.4 Å². The smallest absolute Gasteiger partial charge is 0.434 e. The number of fused-ring (bicyclic) bond motifs is 4. The van der Waals surface area contributed by atoms with E-state index in [1.165, 1.54) is 54.2 Å². The summed E-state index contributed by atoms with van der Waals surface area (Å²) in [6.45, 7) is 11.1. The summed E-state index contributed by atoms with van der Waals surface area (Å²) in [5.74, 6) is -0.0708. The van der Waals surface area contributed by atoms with Gasteiger partial charge in [-0.15, -0.1) is 13.2 Å². The van der Waals surface area contributed by atoms with Crippen LogP contribution in [-0.4, -0.2) is 45.5 Å². The molecule has 6 aromatic rings. The van der Waals surface area contributed by atoms with Crippen molar-refractivity contribution < 1.29 is 14.3 Å². The normalized spacial score (nSPS) is 12.7. The zero-order valence-electron chi connectivity index (χ0n) is 27.5. The zero-order chi connectivity index (χ0) is 33.1. The summed E-state index contributed by atoms with van der Waals surface area (Å²) in [5, 5.41) is 16.3. The van der Waals surface area contributed by atoms with Gasteiger partial charge in [-0.3, -0.25) is 0 Å². The van der Waals surface area contributed by atoms with Gasteiger partial charge in [-0.05, 0) is 92.3 Å². The molecular formula is C43H44N2O3. The fourth-order valence-corrected chi connectivity index (χ4v) is 6.94. The third kappa shape index (κ3) is 7.60. The number of nitrogens with one attached hydrogen (secondary N) is 2. The van der Waals surface area contributed by atoms with Crippen LogP contribution in [0.4, 0.5) is 4.79 Å². The highest BCUT2D eigenvalue weighted by atomic mass is 16.7. The average molecular weight is 637 g/mol. The van der Waals surface area contributed by atoms with E-state index in [1.54, 1.807) is 0 Å². The Balaban J connectivity index is 1.25. The standard InChI is InChI=1S/C43H44N2O3/c1-3-23-44-25-21-35(41-37-17-9-5-13-31(37)27-32-14-6-10-18-38(32)41)29-47-43(46)48-30-36(22-26-45-24-4-2)42-39-19-11-7-15-33(39)28-34-16-8-12-20-40(34)42/h3-20,27-28,35-36,44-45H,1-2,21-26,29-30H2. The van der Waals surface area contributed by atoms with E-state index in [-0.39, 0.29) is 25.0 Å². The van der Waals surface area contributed by atoms with E-state index in [4.69, 9.17) is 9.47 Å². The fraction of sp³-hybridized carbons (Fsp3) is 0.233. The van der Waals surface area contributed by atoms with Crippen molar-refractivity contribution in [3.8, 4) is 0 Å². The molecule has 0 aromatic heterocycles. The Morgan fingerprint density at radius 2 is 0.896 bits per heavy atom. The topological polar surface area (TPSA) is 59.6 Å². The summed E-state index contributed by atoms with van der Waals surface area (Å²) in [5.41, 5.74) is 2.40. The van der Waals surface area contributed by atoms with Gasteiger partial charge in [0.1, 0.15) is 13.2 Å². The molecule has 0 aliphatic heterocycles. The SMILES string of the molecule is C=CCNCCC(COC(=O)OCC(CCNCC=C)c1c2ccccc2cc2ccccc12)c1c2ccccc2cc2ccccc12. The molecule has 0 aliphatic carbocycles. The summed E-state index contributed by atoms with van der Waals surface area (Å²) < 4.78 is 12.0. The van der Waals surface area contributed by atoms with E-state index < -0.39 is 6.16 Å². The molecule has 0 saturated carbocycles. The Kier molecular flexibility index (Phi) is 11.1. The molecule has 2 N–H and O–H groups in total. The van der Waals surface area contributed by atoms with Crippen molar-refractivity contribution in [2.24, 2.45) is 0 Å². The van der Waals surface area contributed by atoms with Crippen molar-refractivity contribution >= 4 is 49.2 Å². The van der Waals surface area contributed by atoms with E-state index in [1.807, 2.05) is 12.2 Å². The molecule has 0 amide bonds. The first-order valence-corrected chi connectivity index (χ1v) is 16.9. The van der Waals surface area contributed by atoms with Crippen LogP contribution in [-0.2, 0) is 9.47 Å². The lowest BCUT2D eigenvalue weighted by molar-refractivity contribution is 0.0459. The van der Waals surface area contributed by atoms with Crippen LogP contribution in [0.25, 0.3) is 43.1 Å².